The first-order valence-corrected chi connectivity index (χ1v) is 7.82. The van der Waals surface area contributed by atoms with Crippen molar-refractivity contribution >= 4 is 31.4 Å². The lowest BCUT2D eigenvalue weighted by Crippen LogP contribution is -2.41. The van der Waals surface area contributed by atoms with E-state index in [1.54, 1.807) is 6.21 Å². The van der Waals surface area contributed by atoms with Crippen molar-refractivity contribution in [3.63, 3.8) is 0 Å². The third-order valence-corrected chi connectivity index (χ3v) is 4.60. The van der Waals surface area contributed by atoms with Crippen LogP contribution in [-0.2, 0) is 9.31 Å². The molecule has 0 amide bonds. The van der Waals surface area contributed by atoms with Gasteiger partial charge in [0.15, 0.2) is 0 Å². The van der Waals surface area contributed by atoms with Crippen LogP contribution in [0.25, 0.3) is 0 Å². The second-order valence-corrected chi connectivity index (χ2v) is 6.87. The maximum atomic E-state index is 6.04. The van der Waals surface area contributed by atoms with Gasteiger partial charge in [0.1, 0.15) is 6.33 Å². The van der Waals surface area contributed by atoms with E-state index in [-0.39, 0.29) is 18.3 Å². The standard InChI is InChI=1S/C15H19BN4O2S/c1-14(2)15(3,4)22-16(21-14)12-7-5-11(6-8-12)9-18-20-10-17-19-13(20)23/h5-10H,1-4H3,(H,19,23)/b18-9+. The van der Waals surface area contributed by atoms with Crippen molar-refractivity contribution in [2.75, 3.05) is 0 Å². The summed E-state index contributed by atoms with van der Waals surface area (Å²) in [6.07, 6.45) is 3.22. The summed E-state index contributed by atoms with van der Waals surface area (Å²) in [5, 5.41) is 12.1. The molecule has 2 heterocycles. The van der Waals surface area contributed by atoms with Crippen molar-refractivity contribution in [1.82, 2.24) is 14.9 Å². The van der Waals surface area contributed by atoms with E-state index in [4.69, 9.17) is 9.31 Å². The smallest absolute Gasteiger partial charge is 0.399 e. The van der Waals surface area contributed by atoms with Gasteiger partial charge in [-0.05, 0) is 38.7 Å². The van der Waals surface area contributed by atoms with Crippen LogP contribution in [0.15, 0.2) is 40.9 Å². The second kappa shape index (κ2) is 5.77. The van der Waals surface area contributed by atoms with E-state index >= 15 is 0 Å². The minimum absolute atomic E-state index is 0.338. The third-order valence-electron chi connectivity index (χ3n) is 4.31. The van der Waals surface area contributed by atoms with E-state index in [2.05, 4.69) is 27.9 Å². The summed E-state index contributed by atoms with van der Waals surface area (Å²) in [5.74, 6) is 0. The highest BCUT2D eigenvalue weighted by atomic mass is 32.1. The Morgan fingerprint density at radius 2 is 1.74 bits per heavy atom. The fourth-order valence-corrected chi connectivity index (χ4v) is 2.31. The molecule has 23 heavy (non-hydrogen) atoms. The van der Waals surface area contributed by atoms with E-state index < -0.39 is 0 Å². The molecule has 0 aliphatic carbocycles. The summed E-state index contributed by atoms with van der Waals surface area (Å²) < 4.78 is 13.6. The minimum Gasteiger partial charge on any atom is -0.399 e. The molecule has 1 aliphatic heterocycles. The third kappa shape index (κ3) is 3.20. The number of thiol groups is 1. The Morgan fingerprint density at radius 1 is 1.13 bits per heavy atom. The molecule has 0 N–H and O–H groups in total. The summed E-state index contributed by atoms with van der Waals surface area (Å²) in [6, 6.07) is 7.90. The van der Waals surface area contributed by atoms with Gasteiger partial charge >= 0.3 is 7.12 Å². The molecule has 120 valence electrons. The zero-order valence-electron chi connectivity index (χ0n) is 13.6. The molecule has 1 aliphatic rings. The van der Waals surface area contributed by atoms with Crippen LogP contribution in [0.4, 0.5) is 0 Å². The Balaban J connectivity index is 1.73. The van der Waals surface area contributed by atoms with Crippen LogP contribution in [0.1, 0.15) is 33.3 Å². The van der Waals surface area contributed by atoms with Crippen molar-refractivity contribution in [2.45, 2.75) is 44.1 Å². The van der Waals surface area contributed by atoms with Crippen molar-refractivity contribution in [3.05, 3.63) is 36.2 Å². The molecule has 6 nitrogen and oxygen atoms in total. The molecule has 0 atom stereocenters. The second-order valence-electron chi connectivity index (χ2n) is 6.47. The van der Waals surface area contributed by atoms with Crippen LogP contribution >= 0.6 is 12.6 Å². The van der Waals surface area contributed by atoms with E-state index in [0.29, 0.717) is 5.16 Å². The highest BCUT2D eigenvalue weighted by Gasteiger charge is 2.51. The Hall–Kier alpha value is -1.64. The van der Waals surface area contributed by atoms with Crippen LogP contribution in [0, 0.1) is 0 Å². The predicted molar refractivity (Wildman–Crippen MR) is 92.4 cm³/mol. The molecule has 2 aromatic rings. The van der Waals surface area contributed by atoms with E-state index in [9.17, 15) is 0 Å². The highest BCUT2D eigenvalue weighted by molar-refractivity contribution is 7.80. The Labute approximate surface area is 141 Å². The molecule has 3 rings (SSSR count). The van der Waals surface area contributed by atoms with E-state index in [0.717, 1.165) is 11.0 Å². The van der Waals surface area contributed by atoms with E-state index in [1.165, 1.54) is 11.0 Å². The maximum absolute atomic E-state index is 6.04. The van der Waals surface area contributed by atoms with Crippen molar-refractivity contribution < 1.29 is 9.31 Å². The molecule has 0 bridgehead atoms. The molecule has 0 spiro atoms. The van der Waals surface area contributed by atoms with Gasteiger partial charge in [0, 0.05) is 0 Å². The lowest BCUT2D eigenvalue weighted by molar-refractivity contribution is 0.00578. The number of aromatic nitrogens is 3. The fraction of sp³-hybridized carbons (Fsp3) is 0.400. The molecular formula is C15H19BN4O2S. The normalized spacial score (nSPS) is 19.6. The largest absolute Gasteiger partial charge is 0.494 e. The first-order chi connectivity index (χ1) is 10.8. The molecule has 1 fully saturated rings. The van der Waals surface area contributed by atoms with Gasteiger partial charge in [0.25, 0.3) is 0 Å². The summed E-state index contributed by atoms with van der Waals surface area (Å²) in [6.45, 7) is 8.18. The maximum Gasteiger partial charge on any atom is 0.494 e. The number of hydrogen-bond acceptors (Lipinski definition) is 6. The molecule has 1 aromatic heterocycles. The zero-order valence-corrected chi connectivity index (χ0v) is 14.5. The average molecular weight is 330 g/mol. The van der Waals surface area contributed by atoms with Crippen LogP contribution in [0.2, 0.25) is 0 Å². The van der Waals surface area contributed by atoms with Gasteiger partial charge in [-0.3, -0.25) is 0 Å². The van der Waals surface area contributed by atoms with Crippen molar-refractivity contribution in [1.29, 1.82) is 0 Å². The summed E-state index contributed by atoms with van der Waals surface area (Å²) in [4.78, 5) is 0. The highest BCUT2D eigenvalue weighted by Crippen LogP contribution is 2.36. The molecule has 0 saturated carbocycles. The van der Waals surface area contributed by atoms with Gasteiger partial charge in [-0.15, -0.1) is 22.8 Å². The Bertz CT molecular complexity index is 711. The number of benzene rings is 1. The number of hydrogen-bond donors (Lipinski definition) is 1. The number of nitrogens with zero attached hydrogens (tertiary/aromatic N) is 4. The first-order valence-electron chi connectivity index (χ1n) is 7.37. The molecule has 0 unspecified atom stereocenters. The van der Waals surface area contributed by atoms with Gasteiger partial charge in [-0.25, -0.2) is 0 Å². The quantitative estimate of drug-likeness (QED) is 0.529. The van der Waals surface area contributed by atoms with Gasteiger partial charge in [0.05, 0.1) is 17.4 Å². The lowest BCUT2D eigenvalue weighted by Gasteiger charge is -2.32. The first kappa shape index (κ1) is 16.2. The Morgan fingerprint density at radius 3 is 2.26 bits per heavy atom. The summed E-state index contributed by atoms with van der Waals surface area (Å²) in [7, 11) is -0.354. The van der Waals surface area contributed by atoms with Crippen LogP contribution in [-0.4, -0.2) is 39.4 Å². The minimum atomic E-state index is -0.354. The van der Waals surface area contributed by atoms with Crippen molar-refractivity contribution in [3.8, 4) is 0 Å². The zero-order chi connectivity index (χ0) is 16.7. The summed E-state index contributed by atoms with van der Waals surface area (Å²) >= 11 is 4.15. The van der Waals surface area contributed by atoms with Crippen molar-refractivity contribution in [2.24, 2.45) is 5.10 Å². The molecular weight excluding hydrogens is 311 g/mol. The summed E-state index contributed by atoms with van der Waals surface area (Å²) in [5.41, 5.74) is 1.26. The van der Waals surface area contributed by atoms with Gasteiger partial charge < -0.3 is 9.31 Å². The molecule has 8 heteroatoms. The molecule has 0 radical (unpaired) electrons. The van der Waals surface area contributed by atoms with Gasteiger partial charge in [-0.2, -0.15) is 9.78 Å². The SMILES string of the molecule is CC1(C)OB(c2ccc(/C=N/n3cnnc3S)cc2)OC1(C)C. The number of rotatable bonds is 3. The van der Waals surface area contributed by atoms with Gasteiger partial charge in [0.2, 0.25) is 5.16 Å². The van der Waals surface area contributed by atoms with E-state index in [1.807, 2.05) is 52.0 Å². The van der Waals surface area contributed by atoms with Gasteiger partial charge in [-0.1, -0.05) is 24.3 Å². The fourth-order valence-electron chi connectivity index (χ4n) is 2.15. The monoisotopic (exact) mass is 330 g/mol. The van der Waals surface area contributed by atoms with Crippen LogP contribution in [0.5, 0.6) is 0 Å². The predicted octanol–water partition coefficient (Wildman–Crippen LogP) is 1.75. The molecule has 1 aromatic carbocycles. The van der Waals surface area contributed by atoms with Crippen LogP contribution in [0.3, 0.4) is 0 Å². The lowest BCUT2D eigenvalue weighted by atomic mass is 9.79. The van der Waals surface area contributed by atoms with Crippen LogP contribution < -0.4 is 5.46 Å². The topological polar surface area (TPSA) is 61.5 Å². The Kier molecular flexibility index (Phi) is 4.08. The molecule has 1 saturated heterocycles. The average Bonchev–Trinajstić information content (AvgIpc) is 2.98.